The summed E-state index contributed by atoms with van der Waals surface area (Å²) in [7, 11) is 0. The van der Waals surface area contributed by atoms with E-state index in [1.807, 2.05) is 0 Å². The van der Waals surface area contributed by atoms with Crippen LogP contribution in [0.15, 0.2) is 0 Å². The van der Waals surface area contributed by atoms with Gasteiger partial charge in [0, 0.05) is 0 Å². The van der Waals surface area contributed by atoms with Crippen molar-refractivity contribution in [1.29, 1.82) is 0 Å². The number of rotatable bonds is 1. The summed E-state index contributed by atoms with van der Waals surface area (Å²) in [4.78, 5) is 0. The summed E-state index contributed by atoms with van der Waals surface area (Å²) < 4.78 is 11.3. The molecule has 1 aliphatic rings. The molecule has 0 aromatic carbocycles. The van der Waals surface area contributed by atoms with Crippen LogP contribution in [0.4, 0.5) is 0 Å². The van der Waals surface area contributed by atoms with Crippen molar-refractivity contribution in [2.24, 2.45) is 0 Å². The van der Waals surface area contributed by atoms with Gasteiger partial charge in [0.1, 0.15) is 6.08 Å². The van der Waals surface area contributed by atoms with Crippen molar-refractivity contribution in [3.63, 3.8) is 0 Å². The van der Waals surface area contributed by atoms with Crippen LogP contribution in [0, 0.1) is 0 Å². The molecule has 0 aromatic rings. The number of hydrogen-bond donors (Lipinski definition) is 1. The molecule has 0 amide bonds. The molecule has 30 valence electrons. The summed E-state index contributed by atoms with van der Waals surface area (Å²) in [6.07, 6.45) is -0.903. The number of aliphatic hydroxyl groups is 1. The van der Waals surface area contributed by atoms with Gasteiger partial charge in [0.05, 0.1) is 14.6 Å². The van der Waals surface area contributed by atoms with Gasteiger partial charge in [0.15, 0.2) is 0 Å². The average molecular weight is 75.1 g/mol. The van der Waals surface area contributed by atoms with Crippen molar-refractivity contribution in [2.45, 2.75) is 6.08 Å². The third-order valence-corrected chi connectivity index (χ3v) is 0.525. The topological polar surface area (TPSA) is 32.8 Å². The van der Waals surface area contributed by atoms with Crippen LogP contribution >= 0.6 is 0 Å². The van der Waals surface area contributed by atoms with Gasteiger partial charge < -0.3 is 9.84 Å². The molecule has 0 saturated carbocycles. The van der Waals surface area contributed by atoms with E-state index in [0.717, 1.165) is 0 Å². The maximum Gasteiger partial charge on any atom is 0.104 e. The van der Waals surface area contributed by atoms with Gasteiger partial charge in [-0.2, -0.15) is 0 Å². The lowest BCUT2D eigenvalue weighted by Gasteiger charge is -1.70. The van der Waals surface area contributed by atoms with Crippen LogP contribution in [-0.4, -0.2) is 24.4 Å². The first-order valence-electron chi connectivity index (χ1n) is 2.02. The lowest BCUT2D eigenvalue weighted by Crippen LogP contribution is -1.88. The fourth-order valence-corrected chi connectivity index (χ4v) is 0.142. The molecular formula is C3H6O2. The Morgan fingerprint density at radius 1 is 2.40 bits per heavy atom. The molecule has 0 bridgehead atoms. The quantitative estimate of drug-likeness (QED) is 0.421. The van der Waals surface area contributed by atoms with Crippen LogP contribution in [0.3, 0.4) is 0 Å². The van der Waals surface area contributed by atoms with E-state index >= 15 is 0 Å². The molecule has 1 fully saturated rings. The molecule has 0 spiro atoms. The molecule has 0 radical (unpaired) electrons. The van der Waals surface area contributed by atoms with Gasteiger partial charge in [-0.3, -0.25) is 0 Å². The van der Waals surface area contributed by atoms with E-state index < -0.39 is 6.08 Å². The van der Waals surface area contributed by atoms with E-state index in [0.29, 0.717) is 6.61 Å². The summed E-state index contributed by atoms with van der Waals surface area (Å²) in [6.45, 7) is 0.219. The first-order valence-corrected chi connectivity index (χ1v) is 1.52. The van der Waals surface area contributed by atoms with Gasteiger partial charge in [-0.25, -0.2) is 0 Å². The molecule has 5 heavy (non-hydrogen) atoms. The number of ether oxygens (including phenoxy) is 1. The smallest absolute Gasteiger partial charge is 0.104 e. The minimum atomic E-state index is -0.903. The Morgan fingerprint density at radius 2 is 3.00 bits per heavy atom. The van der Waals surface area contributed by atoms with Gasteiger partial charge in [-0.15, -0.1) is 0 Å². The summed E-state index contributed by atoms with van der Waals surface area (Å²) in [5, 5.41) is 8.15. The maximum absolute atomic E-state index is 8.15. The largest absolute Gasteiger partial charge is 0.394 e. The Morgan fingerprint density at radius 3 is 3.00 bits per heavy atom. The highest BCUT2D eigenvalue weighted by Crippen LogP contribution is 2.04. The van der Waals surface area contributed by atoms with Crippen LogP contribution in [0.25, 0.3) is 0 Å². The molecule has 0 aliphatic carbocycles. The standard InChI is InChI=1S/C3H6O2/c4-1-3-2-5-3/h3-4H,1-2H2/t3-/m1/s1/i3D. The Balaban J connectivity index is 2.28. The van der Waals surface area contributed by atoms with Crippen molar-refractivity contribution in [3.05, 3.63) is 0 Å². The summed E-state index contributed by atoms with van der Waals surface area (Å²) in [6, 6.07) is 0. The molecule has 2 heteroatoms. The van der Waals surface area contributed by atoms with Crippen molar-refractivity contribution >= 4 is 0 Å². The fourth-order valence-electron chi connectivity index (χ4n) is 0.142. The monoisotopic (exact) mass is 75.0 g/mol. The molecule has 1 aliphatic heterocycles. The third-order valence-electron chi connectivity index (χ3n) is 0.525. The van der Waals surface area contributed by atoms with Gasteiger partial charge in [-0.05, 0) is 0 Å². The van der Waals surface area contributed by atoms with Crippen LogP contribution in [-0.2, 0) is 4.74 Å². The Labute approximate surface area is 31.8 Å². The summed E-state index contributed by atoms with van der Waals surface area (Å²) in [5.74, 6) is 0. The molecule has 2 nitrogen and oxygen atoms in total. The normalized spacial score (nSPS) is 51.8. The zero-order valence-electron chi connectivity index (χ0n) is 3.77. The van der Waals surface area contributed by atoms with E-state index in [1.165, 1.54) is 0 Å². The lowest BCUT2D eigenvalue weighted by molar-refractivity contribution is 0.244. The van der Waals surface area contributed by atoms with Crippen molar-refractivity contribution in [1.82, 2.24) is 0 Å². The molecular weight excluding hydrogens is 68.0 g/mol. The van der Waals surface area contributed by atoms with Crippen LogP contribution in [0.1, 0.15) is 1.37 Å². The van der Waals surface area contributed by atoms with Gasteiger partial charge in [-0.1, -0.05) is 0 Å². The Hall–Kier alpha value is -0.0800. The van der Waals surface area contributed by atoms with Crippen molar-refractivity contribution in [3.8, 4) is 0 Å². The number of aliphatic hydroxyl groups excluding tert-OH is 1. The SMILES string of the molecule is [2H][C@@]1(CO)CO1. The second-order valence-corrected chi connectivity index (χ2v) is 0.985. The molecule has 0 aromatic heterocycles. The van der Waals surface area contributed by atoms with E-state index in [9.17, 15) is 0 Å². The molecule has 1 N–H and O–H groups in total. The highest BCUT2D eigenvalue weighted by molar-refractivity contribution is 4.65. The Bertz CT molecular complexity index is 59.8. The summed E-state index contributed by atoms with van der Waals surface area (Å²) >= 11 is 0. The minimum absolute atomic E-state index is 0.174. The lowest BCUT2D eigenvalue weighted by atomic mass is 10.5. The van der Waals surface area contributed by atoms with Crippen molar-refractivity contribution in [2.75, 3.05) is 13.2 Å². The van der Waals surface area contributed by atoms with E-state index in [1.54, 1.807) is 0 Å². The number of epoxide rings is 1. The molecule has 1 heterocycles. The predicted octanol–water partition coefficient (Wildman–Crippen LogP) is -0.623. The zero-order valence-corrected chi connectivity index (χ0v) is 2.77. The molecule has 1 atom stereocenters. The first kappa shape index (κ1) is 2.16. The highest BCUT2D eigenvalue weighted by atomic mass is 16.6. The predicted molar refractivity (Wildman–Crippen MR) is 16.8 cm³/mol. The third kappa shape index (κ3) is 0.597. The van der Waals surface area contributed by atoms with Gasteiger partial charge >= 0.3 is 0 Å². The number of hydrogen-bond acceptors (Lipinski definition) is 2. The van der Waals surface area contributed by atoms with E-state index in [2.05, 4.69) is 4.74 Å². The second kappa shape index (κ2) is 0.954. The van der Waals surface area contributed by atoms with E-state index in [4.69, 9.17) is 6.48 Å². The minimum Gasteiger partial charge on any atom is -0.394 e. The molecule has 1 rings (SSSR count). The van der Waals surface area contributed by atoms with Gasteiger partial charge in [0.25, 0.3) is 0 Å². The molecule has 1 saturated heterocycles. The van der Waals surface area contributed by atoms with Crippen molar-refractivity contribution < 1.29 is 11.2 Å². The summed E-state index contributed by atoms with van der Waals surface area (Å²) in [5.41, 5.74) is 0. The molecule has 0 unspecified atom stereocenters. The Kier molecular flexibility index (Phi) is 0.411. The second-order valence-electron chi connectivity index (χ2n) is 0.985. The zero-order chi connectivity index (χ0) is 4.62. The van der Waals surface area contributed by atoms with Gasteiger partial charge in [0.2, 0.25) is 0 Å². The highest BCUT2D eigenvalue weighted by Gasteiger charge is 2.19. The van der Waals surface area contributed by atoms with Crippen LogP contribution in [0.5, 0.6) is 0 Å². The fraction of sp³-hybridized carbons (Fsp3) is 1.00. The van der Waals surface area contributed by atoms with Crippen LogP contribution in [0.2, 0.25) is 0 Å². The van der Waals surface area contributed by atoms with E-state index in [-0.39, 0.29) is 6.61 Å². The average Bonchev–Trinajstić information content (AvgIpc) is 2.22. The van der Waals surface area contributed by atoms with Crippen LogP contribution < -0.4 is 0 Å². The first-order chi connectivity index (χ1) is 2.77. The maximum atomic E-state index is 8.15.